The van der Waals surface area contributed by atoms with E-state index >= 15 is 0 Å². The van der Waals surface area contributed by atoms with Crippen LogP contribution in [0.2, 0.25) is 0 Å². The first-order valence-corrected chi connectivity index (χ1v) is 7.13. The molecule has 2 N–H and O–H groups in total. The van der Waals surface area contributed by atoms with E-state index in [9.17, 15) is 8.42 Å². The average Bonchev–Trinajstić information content (AvgIpc) is 2.29. The lowest BCUT2D eigenvalue weighted by Gasteiger charge is -2.05. The Morgan fingerprint density at radius 2 is 1.76 bits per heavy atom. The minimum atomic E-state index is -3.60. The molecule has 1 aromatic rings. The lowest BCUT2D eigenvalue weighted by molar-refractivity contribution is 0.307. The number of hydrogen-bond acceptors (Lipinski definition) is 4. The molecule has 0 aliphatic heterocycles. The molecule has 0 bridgehead atoms. The van der Waals surface area contributed by atoms with E-state index in [1.165, 1.54) is 0 Å². The Bertz CT molecular complexity index is 426. The van der Waals surface area contributed by atoms with Crippen molar-refractivity contribution in [3.05, 3.63) is 29.8 Å². The molecule has 0 spiro atoms. The summed E-state index contributed by atoms with van der Waals surface area (Å²) in [6.45, 7) is 2.75. The first-order chi connectivity index (χ1) is 8.06. The molecule has 96 valence electrons. The van der Waals surface area contributed by atoms with Gasteiger partial charge in [0.15, 0.2) is 0 Å². The van der Waals surface area contributed by atoms with Gasteiger partial charge in [-0.15, -0.1) is 0 Å². The third kappa shape index (κ3) is 4.85. The molecule has 1 aromatic carbocycles. The fourth-order valence-corrected chi connectivity index (χ4v) is 2.31. The maximum atomic E-state index is 11.7. The summed E-state index contributed by atoms with van der Waals surface area (Å²) in [6, 6.07) is 6.63. The quantitative estimate of drug-likeness (QED) is 0.597. The van der Waals surface area contributed by atoms with Crippen molar-refractivity contribution in [2.45, 2.75) is 31.1 Å². The van der Waals surface area contributed by atoms with Crippen LogP contribution in [-0.2, 0) is 14.3 Å². The SMILES string of the molecule is Cc1ccc(S(=O)(=O)OCCCCCN)cc1. The molecule has 0 unspecified atom stereocenters. The minimum Gasteiger partial charge on any atom is -0.330 e. The van der Waals surface area contributed by atoms with Gasteiger partial charge in [-0.25, -0.2) is 0 Å². The number of aryl methyl sites for hydroxylation is 1. The molecule has 5 heteroatoms. The topological polar surface area (TPSA) is 69.4 Å². The maximum Gasteiger partial charge on any atom is 0.296 e. The Kier molecular flexibility index (Phi) is 5.61. The van der Waals surface area contributed by atoms with Gasteiger partial charge in [0.25, 0.3) is 10.1 Å². The predicted molar refractivity (Wildman–Crippen MR) is 67.2 cm³/mol. The van der Waals surface area contributed by atoms with Crippen LogP contribution in [0.5, 0.6) is 0 Å². The van der Waals surface area contributed by atoms with Gasteiger partial charge in [-0.2, -0.15) is 8.42 Å². The van der Waals surface area contributed by atoms with Crippen LogP contribution in [-0.4, -0.2) is 21.6 Å². The molecule has 1 rings (SSSR count). The summed E-state index contributed by atoms with van der Waals surface area (Å²) < 4.78 is 28.4. The van der Waals surface area contributed by atoms with Crippen molar-refractivity contribution in [1.29, 1.82) is 0 Å². The number of hydrogen-bond donors (Lipinski definition) is 1. The van der Waals surface area contributed by atoms with E-state index in [0.29, 0.717) is 13.0 Å². The van der Waals surface area contributed by atoms with Gasteiger partial charge >= 0.3 is 0 Å². The molecule has 0 aromatic heterocycles. The molecule has 4 nitrogen and oxygen atoms in total. The summed E-state index contributed by atoms with van der Waals surface area (Å²) >= 11 is 0. The molecular formula is C12H19NO3S. The lowest BCUT2D eigenvalue weighted by Crippen LogP contribution is -2.08. The van der Waals surface area contributed by atoms with Gasteiger partial charge in [0.2, 0.25) is 0 Å². The number of rotatable bonds is 7. The zero-order valence-electron chi connectivity index (χ0n) is 10.1. The largest absolute Gasteiger partial charge is 0.330 e. The van der Waals surface area contributed by atoms with Crippen molar-refractivity contribution >= 4 is 10.1 Å². The van der Waals surface area contributed by atoms with Gasteiger partial charge in [0.05, 0.1) is 11.5 Å². The maximum absolute atomic E-state index is 11.7. The molecule has 0 fully saturated rings. The van der Waals surface area contributed by atoms with E-state index in [-0.39, 0.29) is 11.5 Å². The second-order valence-electron chi connectivity index (χ2n) is 3.94. The zero-order chi connectivity index (χ0) is 12.7. The van der Waals surface area contributed by atoms with Crippen molar-refractivity contribution in [2.24, 2.45) is 5.73 Å². The van der Waals surface area contributed by atoms with Crippen LogP contribution < -0.4 is 5.73 Å². The van der Waals surface area contributed by atoms with Crippen LogP contribution in [0.4, 0.5) is 0 Å². The second-order valence-corrected chi connectivity index (χ2v) is 5.55. The number of benzene rings is 1. The standard InChI is InChI=1S/C12H19NO3S/c1-11-5-7-12(8-6-11)17(14,15)16-10-4-2-3-9-13/h5-8H,2-4,9-10,13H2,1H3. The first-order valence-electron chi connectivity index (χ1n) is 5.72. The lowest BCUT2D eigenvalue weighted by atomic mass is 10.2. The van der Waals surface area contributed by atoms with Crippen LogP contribution in [0.1, 0.15) is 24.8 Å². The first kappa shape index (κ1) is 14.2. The second kappa shape index (κ2) is 6.74. The van der Waals surface area contributed by atoms with E-state index < -0.39 is 10.1 Å². The van der Waals surface area contributed by atoms with Crippen molar-refractivity contribution in [3.63, 3.8) is 0 Å². The van der Waals surface area contributed by atoms with E-state index in [1.54, 1.807) is 24.3 Å². The van der Waals surface area contributed by atoms with Crippen molar-refractivity contribution < 1.29 is 12.6 Å². The molecule has 0 radical (unpaired) electrons. The molecular weight excluding hydrogens is 238 g/mol. The monoisotopic (exact) mass is 257 g/mol. The highest BCUT2D eigenvalue weighted by Gasteiger charge is 2.13. The molecule has 0 atom stereocenters. The van der Waals surface area contributed by atoms with Crippen LogP contribution in [0, 0.1) is 6.92 Å². The van der Waals surface area contributed by atoms with Crippen molar-refractivity contribution in [1.82, 2.24) is 0 Å². The highest BCUT2D eigenvalue weighted by molar-refractivity contribution is 7.86. The normalized spacial score (nSPS) is 11.6. The van der Waals surface area contributed by atoms with Crippen molar-refractivity contribution in [3.8, 4) is 0 Å². The van der Waals surface area contributed by atoms with Gasteiger partial charge in [0.1, 0.15) is 0 Å². The molecule has 0 saturated carbocycles. The third-order valence-corrected chi connectivity index (χ3v) is 3.72. The fourth-order valence-electron chi connectivity index (χ4n) is 1.36. The highest BCUT2D eigenvalue weighted by Crippen LogP contribution is 2.13. The summed E-state index contributed by atoms with van der Waals surface area (Å²) in [5.41, 5.74) is 6.36. The molecule has 0 saturated heterocycles. The Morgan fingerprint density at radius 3 is 2.35 bits per heavy atom. The van der Waals surface area contributed by atoms with Crippen LogP contribution in [0.25, 0.3) is 0 Å². The smallest absolute Gasteiger partial charge is 0.296 e. The summed E-state index contributed by atoms with van der Waals surface area (Å²) in [5.74, 6) is 0. The Hall–Kier alpha value is -0.910. The summed E-state index contributed by atoms with van der Waals surface area (Å²) in [4.78, 5) is 0.210. The van der Waals surface area contributed by atoms with Crippen molar-refractivity contribution in [2.75, 3.05) is 13.2 Å². The molecule has 0 amide bonds. The molecule has 0 aliphatic rings. The predicted octanol–water partition coefficient (Wildman–Crippen LogP) is 1.83. The summed E-state index contributed by atoms with van der Waals surface area (Å²) in [5, 5.41) is 0. The highest BCUT2D eigenvalue weighted by atomic mass is 32.2. The van der Waals surface area contributed by atoms with Crippen LogP contribution in [0.3, 0.4) is 0 Å². The number of unbranched alkanes of at least 4 members (excludes halogenated alkanes) is 2. The zero-order valence-corrected chi connectivity index (χ0v) is 10.9. The van der Waals surface area contributed by atoms with Gasteiger partial charge in [0, 0.05) is 0 Å². The van der Waals surface area contributed by atoms with Crippen LogP contribution >= 0.6 is 0 Å². The minimum absolute atomic E-state index is 0.210. The molecule has 0 heterocycles. The Labute approximate surface area is 103 Å². The van der Waals surface area contributed by atoms with Gasteiger partial charge < -0.3 is 5.73 Å². The summed E-state index contributed by atoms with van der Waals surface area (Å²) in [7, 11) is -3.60. The number of nitrogens with two attached hydrogens (primary N) is 1. The van der Waals surface area contributed by atoms with E-state index in [0.717, 1.165) is 18.4 Å². The Balaban J connectivity index is 2.48. The summed E-state index contributed by atoms with van der Waals surface area (Å²) in [6.07, 6.45) is 2.50. The molecule has 17 heavy (non-hydrogen) atoms. The Morgan fingerprint density at radius 1 is 1.12 bits per heavy atom. The van der Waals surface area contributed by atoms with Crippen LogP contribution in [0.15, 0.2) is 29.2 Å². The van der Waals surface area contributed by atoms with E-state index in [1.807, 2.05) is 6.92 Å². The van der Waals surface area contributed by atoms with E-state index in [2.05, 4.69) is 0 Å². The van der Waals surface area contributed by atoms with Gasteiger partial charge in [-0.3, -0.25) is 4.18 Å². The van der Waals surface area contributed by atoms with E-state index in [4.69, 9.17) is 9.92 Å². The molecule has 0 aliphatic carbocycles. The fraction of sp³-hybridized carbons (Fsp3) is 0.500. The van der Waals surface area contributed by atoms with Gasteiger partial charge in [-0.1, -0.05) is 17.7 Å². The average molecular weight is 257 g/mol. The van der Waals surface area contributed by atoms with Gasteiger partial charge in [-0.05, 0) is 44.9 Å². The third-order valence-electron chi connectivity index (χ3n) is 2.40.